The third-order valence-corrected chi connectivity index (χ3v) is 5.17. The SMILES string of the molecule is Cl.Cl.Fc1c(Cl)ccc(C(F)(F)F)c1[C@H](C1CCC1)N1CCNCC1. The second-order valence-electron chi connectivity index (χ2n) is 6.24. The van der Waals surface area contributed by atoms with Crippen LogP contribution in [0.1, 0.15) is 36.4 Å². The molecule has 0 unspecified atom stereocenters. The molecule has 0 aromatic heterocycles. The van der Waals surface area contributed by atoms with Gasteiger partial charge >= 0.3 is 6.18 Å². The first-order chi connectivity index (χ1) is 10.9. The molecule has 0 amide bonds. The predicted molar refractivity (Wildman–Crippen MR) is 95.4 cm³/mol. The Balaban J connectivity index is 0.00000156. The van der Waals surface area contributed by atoms with Crippen molar-refractivity contribution in [3.8, 4) is 0 Å². The lowest BCUT2D eigenvalue weighted by Crippen LogP contribution is -2.48. The molecule has 2 fully saturated rings. The molecule has 1 saturated carbocycles. The maximum Gasteiger partial charge on any atom is 0.416 e. The van der Waals surface area contributed by atoms with Crippen molar-refractivity contribution >= 4 is 36.4 Å². The van der Waals surface area contributed by atoms with E-state index in [2.05, 4.69) is 5.32 Å². The van der Waals surface area contributed by atoms with E-state index in [4.69, 9.17) is 11.6 Å². The average Bonchev–Trinajstić information content (AvgIpc) is 2.45. The molecule has 144 valence electrons. The van der Waals surface area contributed by atoms with Crippen LogP contribution in [0.4, 0.5) is 17.6 Å². The van der Waals surface area contributed by atoms with Crippen LogP contribution in [-0.2, 0) is 6.18 Å². The molecule has 1 aromatic rings. The Hall–Kier alpha value is -0.270. The minimum absolute atomic E-state index is 0. The minimum Gasteiger partial charge on any atom is -0.314 e. The first kappa shape index (κ1) is 22.8. The molecule has 2 nitrogen and oxygen atoms in total. The van der Waals surface area contributed by atoms with Crippen LogP contribution in [0.2, 0.25) is 5.02 Å². The molecule has 1 saturated heterocycles. The highest BCUT2D eigenvalue weighted by Gasteiger charge is 2.43. The third-order valence-electron chi connectivity index (χ3n) is 4.88. The monoisotopic (exact) mass is 422 g/mol. The number of hydrogen-bond acceptors (Lipinski definition) is 2. The van der Waals surface area contributed by atoms with Crippen LogP contribution in [0, 0.1) is 11.7 Å². The van der Waals surface area contributed by atoms with Gasteiger partial charge < -0.3 is 5.32 Å². The van der Waals surface area contributed by atoms with Crippen molar-refractivity contribution in [2.24, 2.45) is 5.92 Å². The molecule has 1 aliphatic heterocycles. The van der Waals surface area contributed by atoms with Gasteiger partial charge in [-0.05, 0) is 30.9 Å². The number of rotatable bonds is 3. The summed E-state index contributed by atoms with van der Waals surface area (Å²) in [5, 5.41) is 2.94. The van der Waals surface area contributed by atoms with E-state index in [1.54, 1.807) is 0 Å². The maximum absolute atomic E-state index is 14.6. The summed E-state index contributed by atoms with van der Waals surface area (Å²) >= 11 is 5.81. The van der Waals surface area contributed by atoms with Crippen LogP contribution in [0.5, 0.6) is 0 Å². The van der Waals surface area contributed by atoms with Gasteiger partial charge in [-0.3, -0.25) is 4.90 Å². The summed E-state index contributed by atoms with van der Waals surface area (Å²) in [7, 11) is 0. The Morgan fingerprint density at radius 1 is 1.12 bits per heavy atom. The van der Waals surface area contributed by atoms with Gasteiger partial charge in [0, 0.05) is 37.8 Å². The van der Waals surface area contributed by atoms with Crippen molar-refractivity contribution in [3.05, 3.63) is 34.1 Å². The topological polar surface area (TPSA) is 15.3 Å². The first-order valence-electron chi connectivity index (χ1n) is 7.89. The normalized spacial score (nSPS) is 20.2. The van der Waals surface area contributed by atoms with Gasteiger partial charge in [-0.2, -0.15) is 13.2 Å². The fourth-order valence-corrected chi connectivity index (χ4v) is 3.70. The zero-order valence-corrected chi connectivity index (χ0v) is 15.8. The highest BCUT2D eigenvalue weighted by Crippen LogP contribution is 2.47. The average molecular weight is 424 g/mol. The molecule has 1 aromatic carbocycles. The lowest BCUT2D eigenvalue weighted by atomic mass is 9.75. The van der Waals surface area contributed by atoms with E-state index < -0.39 is 23.6 Å². The number of halogens is 7. The Morgan fingerprint density at radius 3 is 2.20 bits per heavy atom. The van der Waals surface area contributed by atoms with Crippen molar-refractivity contribution in [1.29, 1.82) is 0 Å². The molecule has 0 bridgehead atoms. The van der Waals surface area contributed by atoms with Crippen LogP contribution in [-0.4, -0.2) is 31.1 Å². The highest BCUT2D eigenvalue weighted by molar-refractivity contribution is 6.30. The Kier molecular flexibility index (Phi) is 8.28. The molecular formula is C16H21Cl3F4N2. The lowest BCUT2D eigenvalue weighted by Gasteiger charge is -2.44. The molecular weight excluding hydrogens is 403 g/mol. The minimum atomic E-state index is -4.59. The summed E-state index contributed by atoms with van der Waals surface area (Å²) in [4.78, 5) is 1.98. The number of nitrogens with zero attached hydrogens (tertiary/aromatic N) is 1. The van der Waals surface area contributed by atoms with Crippen LogP contribution >= 0.6 is 36.4 Å². The van der Waals surface area contributed by atoms with E-state index in [-0.39, 0.29) is 41.3 Å². The smallest absolute Gasteiger partial charge is 0.314 e. The number of alkyl halides is 3. The number of piperazine rings is 1. The van der Waals surface area contributed by atoms with Crippen LogP contribution < -0.4 is 5.32 Å². The van der Waals surface area contributed by atoms with Gasteiger partial charge in [0.15, 0.2) is 0 Å². The molecule has 9 heteroatoms. The molecule has 1 aliphatic carbocycles. The van der Waals surface area contributed by atoms with E-state index in [1.807, 2.05) is 4.90 Å². The standard InChI is InChI=1S/C16H19ClF4N2.2ClH/c17-12-5-4-11(16(19,20)21)13(14(12)18)15(10-2-1-3-10)23-8-6-22-7-9-23;;/h4-5,10,15,22H,1-3,6-9H2;2*1H/t15-;;/m0../s1. The first-order valence-corrected chi connectivity index (χ1v) is 8.27. The zero-order chi connectivity index (χ0) is 16.6. The van der Waals surface area contributed by atoms with Crippen LogP contribution in [0.3, 0.4) is 0 Å². The van der Waals surface area contributed by atoms with Gasteiger partial charge in [0.2, 0.25) is 0 Å². The molecule has 1 N–H and O–H groups in total. The van der Waals surface area contributed by atoms with Gasteiger partial charge in [0.1, 0.15) is 5.82 Å². The largest absolute Gasteiger partial charge is 0.416 e. The van der Waals surface area contributed by atoms with E-state index >= 15 is 0 Å². The summed E-state index contributed by atoms with van der Waals surface area (Å²) in [6.07, 6.45) is -1.94. The molecule has 1 atom stereocenters. The third kappa shape index (κ3) is 4.72. The zero-order valence-electron chi connectivity index (χ0n) is 13.4. The van der Waals surface area contributed by atoms with Crippen molar-refractivity contribution in [1.82, 2.24) is 10.2 Å². The second kappa shape index (κ2) is 9.09. The summed E-state index contributed by atoms with van der Waals surface area (Å²) in [6.45, 7) is 2.63. The van der Waals surface area contributed by atoms with E-state index in [9.17, 15) is 17.6 Å². The molecule has 25 heavy (non-hydrogen) atoms. The summed E-state index contributed by atoms with van der Waals surface area (Å²) < 4.78 is 54.9. The fourth-order valence-electron chi connectivity index (χ4n) is 3.53. The Labute approximate surface area is 162 Å². The Bertz CT molecular complexity index is 573. The van der Waals surface area contributed by atoms with Crippen molar-refractivity contribution < 1.29 is 17.6 Å². The fraction of sp³-hybridized carbons (Fsp3) is 0.625. The molecule has 0 radical (unpaired) electrons. The second-order valence-corrected chi connectivity index (χ2v) is 6.65. The summed E-state index contributed by atoms with van der Waals surface area (Å²) in [6, 6.07) is 1.36. The number of hydrogen-bond donors (Lipinski definition) is 1. The Morgan fingerprint density at radius 2 is 1.72 bits per heavy atom. The quantitative estimate of drug-likeness (QED) is 0.682. The molecule has 3 rings (SSSR count). The van der Waals surface area contributed by atoms with E-state index in [1.165, 1.54) is 0 Å². The number of benzene rings is 1. The van der Waals surface area contributed by atoms with Crippen LogP contribution in [0.15, 0.2) is 12.1 Å². The number of nitrogens with one attached hydrogen (secondary N) is 1. The van der Waals surface area contributed by atoms with Gasteiger partial charge in [-0.1, -0.05) is 18.0 Å². The van der Waals surface area contributed by atoms with Crippen molar-refractivity contribution in [2.45, 2.75) is 31.5 Å². The van der Waals surface area contributed by atoms with Crippen molar-refractivity contribution in [3.63, 3.8) is 0 Å². The van der Waals surface area contributed by atoms with Crippen LogP contribution in [0.25, 0.3) is 0 Å². The molecule has 1 heterocycles. The van der Waals surface area contributed by atoms with Gasteiger partial charge in [-0.25, -0.2) is 4.39 Å². The van der Waals surface area contributed by atoms with Gasteiger partial charge in [0.05, 0.1) is 10.6 Å². The highest BCUT2D eigenvalue weighted by atomic mass is 35.5. The van der Waals surface area contributed by atoms with E-state index in [0.29, 0.717) is 26.2 Å². The van der Waals surface area contributed by atoms with Gasteiger partial charge in [0.25, 0.3) is 0 Å². The maximum atomic E-state index is 14.6. The lowest BCUT2D eigenvalue weighted by molar-refractivity contribution is -0.139. The van der Waals surface area contributed by atoms with Gasteiger partial charge in [-0.15, -0.1) is 24.8 Å². The van der Waals surface area contributed by atoms with E-state index in [0.717, 1.165) is 31.4 Å². The molecule has 2 aliphatic rings. The predicted octanol–water partition coefficient (Wildman–Crippen LogP) is 5.09. The summed E-state index contributed by atoms with van der Waals surface area (Å²) in [5.74, 6) is -0.862. The summed E-state index contributed by atoms with van der Waals surface area (Å²) in [5.41, 5.74) is -1.16. The molecule has 0 spiro atoms. The van der Waals surface area contributed by atoms with Crippen molar-refractivity contribution in [2.75, 3.05) is 26.2 Å².